The van der Waals surface area contributed by atoms with Crippen molar-refractivity contribution in [2.75, 3.05) is 0 Å². The molecular weight excluding hydrogens is 366 g/mol. The molecule has 2 unspecified atom stereocenters. The van der Waals surface area contributed by atoms with Gasteiger partial charge in [0.05, 0.1) is 11.5 Å². The zero-order valence-corrected chi connectivity index (χ0v) is 15.5. The van der Waals surface area contributed by atoms with E-state index < -0.39 is 11.8 Å². The molecule has 3 aromatic rings. The third-order valence-corrected chi connectivity index (χ3v) is 5.60. The number of nitrogens with zero attached hydrogens (tertiary/aromatic N) is 2. The Bertz CT molecular complexity index is 1220. The number of benzene rings is 2. The summed E-state index contributed by atoms with van der Waals surface area (Å²) in [6.45, 7) is 0. The number of fused-ring (bicyclic) bond motifs is 1. The van der Waals surface area contributed by atoms with E-state index in [0.29, 0.717) is 41.9 Å². The van der Waals surface area contributed by atoms with Crippen LogP contribution in [0.2, 0.25) is 0 Å². The van der Waals surface area contributed by atoms with Crippen molar-refractivity contribution in [1.29, 1.82) is 10.7 Å². The van der Waals surface area contributed by atoms with E-state index in [1.807, 2.05) is 48.5 Å². The molecule has 0 amide bonds. The maximum Gasteiger partial charge on any atom is 0.205 e. The van der Waals surface area contributed by atoms with Crippen molar-refractivity contribution < 1.29 is 14.1 Å². The Morgan fingerprint density at radius 1 is 1.14 bits per heavy atom. The molecule has 1 aliphatic heterocycles. The SMILES string of the molecule is N#CC1C(=N)OC2=C(C(=O)CCC2)C1c1ccc2noc(-c3ccccc3)c2c1. The molecule has 1 aromatic heterocycles. The Kier molecular flexibility index (Phi) is 4.02. The van der Waals surface area contributed by atoms with E-state index >= 15 is 0 Å². The van der Waals surface area contributed by atoms with Gasteiger partial charge in [-0.3, -0.25) is 10.2 Å². The fraction of sp³-hybridized carbons (Fsp3) is 0.217. The van der Waals surface area contributed by atoms with Crippen LogP contribution in [0.3, 0.4) is 0 Å². The third kappa shape index (κ3) is 2.74. The van der Waals surface area contributed by atoms with Gasteiger partial charge in [-0.05, 0) is 24.1 Å². The number of ketones is 1. The van der Waals surface area contributed by atoms with Gasteiger partial charge in [0.2, 0.25) is 5.90 Å². The first-order valence-corrected chi connectivity index (χ1v) is 9.54. The number of carbonyl (C=O) groups excluding carboxylic acids is 1. The van der Waals surface area contributed by atoms with Gasteiger partial charge in [-0.2, -0.15) is 5.26 Å². The molecule has 0 radical (unpaired) electrons. The molecule has 2 aromatic carbocycles. The summed E-state index contributed by atoms with van der Waals surface area (Å²) in [4.78, 5) is 12.7. The van der Waals surface area contributed by atoms with Gasteiger partial charge in [0.1, 0.15) is 17.2 Å². The van der Waals surface area contributed by atoms with Crippen LogP contribution in [0.5, 0.6) is 0 Å². The molecule has 2 atom stereocenters. The lowest BCUT2D eigenvalue weighted by Crippen LogP contribution is -2.34. The van der Waals surface area contributed by atoms with E-state index in [1.165, 1.54) is 0 Å². The molecular formula is C23H17N3O3. The number of carbonyl (C=O) groups is 1. The first-order valence-electron chi connectivity index (χ1n) is 9.54. The second kappa shape index (κ2) is 6.71. The minimum atomic E-state index is -0.840. The van der Waals surface area contributed by atoms with Gasteiger partial charge in [-0.25, -0.2) is 0 Å². The summed E-state index contributed by atoms with van der Waals surface area (Å²) in [6, 6.07) is 17.5. The third-order valence-electron chi connectivity index (χ3n) is 5.60. The molecule has 142 valence electrons. The number of nitrogens with one attached hydrogen (secondary N) is 1. The largest absolute Gasteiger partial charge is 0.446 e. The van der Waals surface area contributed by atoms with E-state index in [4.69, 9.17) is 14.7 Å². The Morgan fingerprint density at radius 2 is 1.97 bits per heavy atom. The number of nitriles is 1. The molecule has 0 spiro atoms. The van der Waals surface area contributed by atoms with E-state index in [9.17, 15) is 10.1 Å². The number of allylic oxidation sites excluding steroid dienone is 2. The summed E-state index contributed by atoms with van der Waals surface area (Å²) >= 11 is 0. The Morgan fingerprint density at radius 3 is 2.76 bits per heavy atom. The smallest absolute Gasteiger partial charge is 0.205 e. The predicted molar refractivity (Wildman–Crippen MR) is 106 cm³/mol. The van der Waals surface area contributed by atoms with Crippen LogP contribution in [0.15, 0.2) is 64.4 Å². The van der Waals surface area contributed by atoms with Crippen molar-refractivity contribution >= 4 is 22.6 Å². The average Bonchev–Trinajstić information content (AvgIpc) is 3.17. The number of hydrogen-bond donors (Lipinski definition) is 1. The van der Waals surface area contributed by atoms with Gasteiger partial charge >= 0.3 is 0 Å². The van der Waals surface area contributed by atoms with Gasteiger partial charge in [0, 0.05) is 29.9 Å². The summed E-state index contributed by atoms with van der Waals surface area (Å²) in [5.41, 5.74) is 2.93. The molecule has 0 saturated carbocycles. The highest BCUT2D eigenvalue weighted by atomic mass is 16.5. The summed E-state index contributed by atoms with van der Waals surface area (Å²) < 4.78 is 11.2. The fourth-order valence-corrected chi connectivity index (χ4v) is 4.24. The zero-order valence-electron chi connectivity index (χ0n) is 15.5. The molecule has 2 aliphatic rings. The molecule has 1 aliphatic carbocycles. The zero-order chi connectivity index (χ0) is 20.0. The van der Waals surface area contributed by atoms with Crippen LogP contribution < -0.4 is 0 Å². The molecule has 0 saturated heterocycles. The number of rotatable bonds is 2. The lowest BCUT2D eigenvalue weighted by atomic mass is 9.74. The molecule has 0 fully saturated rings. The first-order chi connectivity index (χ1) is 14.2. The van der Waals surface area contributed by atoms with Crippen LogP contribution in [0.25, 0.3) is 22.2 Å². The van der Waals surface area contributed by atoms with E-state index in [0.717, 1.165) is 16.5 Å². The van der Waals surface area contributed by atoms with E-state index in [2.05, 4.69) is 11.2 Å². The van der Waals surface area contributed by atoms with Crippen LogP contribution >= 0.6 is 0 Å². The normalized spacial score (nSPS) is 21.6. The standard InChI is InChI=1S/C23H17N3O3/c24-12-16-20(21-18(27)7-4-8-19(21)28-23(16)25)14-9-10-17-15(11-14)22(29-26-17)13-5-2-1-3-6-13/h1-3,5-6,9-11,16,20,25H,4,7-8H2. The van der Waals surface area contributed by atoms with E-state index in [1.54, 1.807) is 0 Å². The maximum absolute atomic E-state index is 12.7. The van der Waals surface area contributed by atoms with Crippen LogP contribution in [-0.2, 0) is 9.53 Å². The minimum absolute atomic E-state index is 0.00213. The van der Waals surface area contributed by atoms with Crippen molar-refractivity contribution in [3.05, 3.63) is 65.4 Å². The molecule has 6 heteroatoms. The highest BCUT2D eigenvalue weighted by Crippen LogP contribution is 2.44. The lowest BCUT2D eigenvalue weighted by Gasteiger charge is -2.34. The lowest BCUT2D eigenvalue weighted by molar-refractivity contribution is -0.116. The maximum atomic E-state index is 12.7. The van der Waals surface area contributed by atoms with Crippen LogP contribution in [0.4, 0.5) is 0 Å². The number of ether oxygens (including phenoxy) is 1. The molecule has 0 bridgehead atoms. The van der Waals surface area contributed by atoms with Crippen LogP contribution in [-0.4, -0.2) is 16.8 Å². The average molecular weight is 383 g/mol. The van der Waals surface area contributed by atoms with Gasteiger partial charge in [0.25, 0.3) is 0 Å². The minimum Gasteiger partial charge on any atom is -0.446 e. The van der Waals surface area contributed by atoms with Gasteiger partial charge in [0.15, 0.2) is 11.5 Å². The van der Waals surface area contributed by atoms with Crippen molar-refractivity contribution in [2.45, 2.75) is 25.2 Å². The van der Waals surface area contributed by atoms with Crippen LogP contribution in [0.1, 0.15) is 30.7 Å². The van der Waals surface area contributed by atoms with Crippen LogP contribution in [0, 0.1) is 22.7 Å². The Hall–Kier alpha value is -3.72. The molecule has 29 heavy (non-hydrogen) atoms. The second-order valence-electron chi connectivity index (χ2n) is 7.32. The van der Waals surface area contributed by atoms with Gasteiger partial charge in [-0.15, -0.1) is 0 Å². The number of Topliss-reactive ketones (excluding diaryl/α,β-unsaturated/α-hetero) is 1. The number of hydrogen-bond acceptors (Lipinski definition) is 6. The molecule has 5 rings (SSSR count). The highest BCUT2D eigenvalue weighted by Gasteiger charge is 2.42. The quantitative estimate of drug-likeness (QED) is 0.689. The fourth-order valence-electron chi connectivity index (χ4n) is 4.24. The van der Waals surface area contributed by atoms with Gasteiger partial charge < -0.3 is 9.26 Å². The summed E-state index contributed by atoms with van der Waals surface area (Å²) in [5.74, 6) is -0.281. The van der Waals surface area contributed by atoms with Crippen molar-refractivity contribution in [1.82, 2.24) is 5.16 Å². The summed E-state index contributed by atoms with van der Waals surface area (Å²) in [7, 11) is 0. The second-order valence-corrected chi connectivity index (χ2v) is 7.32. The summed E-state index contributed by atoms with van der Waals surface area (Å²) in [5, 5.41) is 22.9. The van der Waals surface area contributed by atoms with Crippen molar-refractivity contribution in [3.8, 4) is 17.4 Å². The van der Waals surface area contributed by atoms with Crippen molar-refractivity contribution in [3.63, 3.8) is 0 Å². The highest BCUT2D eigenvalue weighted by molar-refractivity contribution is 6.02. The topological polar surface area (TPSA) is 100.0 Å². The first kappa shape index (κ1) is 17.4. The Labute approximate surface area is 166 Å². The predicted octanol–water partition coefficient (Wildman–Crippen LogP) is 4.73. The Balaban J connectivity index is 1.70. The molecule has 2 heterocycles. The number of aromatic nitrogens is 1. The van der Waals surface area contributed by atoms with Crippen molar-refractivity contribution in [2.24, 2.45) is 5.92 Å². The summed E-state index contributed by atoms with van der Waals surface area (Å²) in [6.07, 6.45) is 1.76. The molecule has 6 nitrogen and oxygen atoms in total. The van der Waals surface area contributed by atoms with Gasteiger partial charge in [-0.1, -0.05) is 41.6 Å². The monoisotopic (exact) mass is 383 g/mol. The van der Waals surface area contributed by atoms with E-state index in [-0.39, 0.29) is 11.7 Å². The molecule has 1 N–H and O–H groups in total.